The molecule has 4 heteroatoms. The largest absolute Gasteiger partial charge is 0.196 e. The van der Waals surface area contributed by atoms with Crippen LogP contribution in [0.3, 0.4) is 0 Å². The fourth-order valence-electron chi connectivity index (χ4n) is 1.80. The predicted molar refractivity (Wildman–Crippen MR) is 85.8 cm³/mol. The molecule has 0 amide bonds. The van der Waals surface area contributed by atoms with Crippen LogP contribution in [0.5, 0.6) is 0 Å². The van der Waals surface area contributed by atoms with Gasteiger partial charge in [-0.2, -0.15) is 5.26 Å². The van der Waals surface area contributed by atoms with E-state index in [9.17, 15) is 5.26 Å². The average Bonchev–Trinajstić information content (AvgIpc) is 2.53. The molecular weight excluding hydrogens is 309 g/mol. The molecule has 0 saturated carbocycles. The Morgan fingerprint density at radius 1 is 1.05 bits per heavy atom. The SMILES string of the molecule is N#CC(Sc1ccccc1)(/C(Cl)=C\Cl)c1ccccc1. The van der Waals surface area contributed by atoms with Crippen molar-refractivity contribution in [1.29, 1.82) is 5.26 Å². The molecule has 0 radical (unpaired) electrons. The number of hydrogen-bond donors (Lipinski definition) is 0. The van der Waals surface area contributed by atoms with Gasteiger partial charge in [-0.25, -0.2) is 0 Å². The van der Waals surface area contributed by atoms with Gasteiger partial charge in [-0.3, -0.25) is 0 Å². The summed E-state index contributed by atoms with van der Waals surface area (Å²) in [7, 11) is 0. The fraction of sp³-hybridized carbons (Fsp3) is 0.0625. The Kier molecular flexibility index (Phi) is 5.14. The molecule has 0 aliphatic heterocycles. The maximum atomic E-state index is 9.74. The molecule has 0 heterocycles. The van der Waals surface area contributed by atoms with Gasteiger partial charge in [0.2, 0.25) is 0 Å². The topological polar surface area (TPSA) is 23.8 Å². The lowest BCUT2D eigenvalue weighted by molar-refractivity contribution is 0.982. The summed E-state index contributed by atoms with van der Waals surface area (Å²) in [6.07, 6.45) is 0. The minimum atomic E-state index is -1.04. The summed E-state index contributed by atoms with van der Waals surface area (Å²) in [5, 5.41) is 10.0. The zero-order valence-corrected chi connectivity index (χ0v) is 12.8. The lowest BCUT2D eigenvalue weighted by atomic mass is 9.99. The zero-order valence-electron chi connectivity index (χ0n) is 10.5. The standard InChI is InChI=1S/C16H11Cl2NS/c17-11-15(18)16(12-19,13-7-3-1-4-8-13)20-14-9-5-2-6-10-14/h1-11H/b15-11+. The lowest BCUT2D eigenvalue weighted by Crippen LogP contribution is -2.20. The highest BCUT2D eigenvalue weighted by Crippen LogP contribution is 2.48. The molecule has 0 fully saturated rings. The summed E-state index contributed by atoms with van der Waals surface area (Å²) in [6, 6.07) is 21.4. The highest BCUT2D eigenvalue weighted by molar-refractivity contribution is 8.00. The molecule has 100 valence electrons. The van der Waals surface area contributed by atoms with Gasteiger partial charge in [0.25, 0.3) is 0 Å². The van der Waals surface area contributed by atoms with E-state index in [2.05, 4.69) is 6.07 Å². The van der Waals surface area contributed by atoms with Crippen molar-refractivity contribution in [1.82, 2.24) is 0 Å². The molecule has 0 aromatic heterocycles. The first kappa shape index (κ1) is 15.0. The molecule has 0 aliphatic rings. The molecule has 0 saturated heterocycles. The quantitative estimate of drug-likeness (QED) is 0.693. The van der Waals surface area contributed by atoms with Crippen LogP contribution in [-0.2, 0) is 4.75 Å². The molecule has 1 unspecified atom stereocenters. The third-order valence-electron chi connectivity index (χ3n) is 2.78. The number of thioether (sulfide) groups is 1. The molecule has 1 nitrogen and oxygen atoms in total. The first-order chi connectivity index (χ1) is 9.73. The van der Waals surface area contributed by atoms with Gasteiger partial charge in [-0.05, 0) is 17.7 Å². The van der Waals surface area contributed by atoms with Crippen LogP contribution in [0.15, 0.2) is 76.1 Å². The smallest absolute Gasteiger partial charge is 0.168 e. The second-order valence-corrected chi connectivity index (χ2v) is 5.94. The fourth-order valence-corrected chi connectivity index (χ4v) is 3.40. The minimum Gasteiger partial charge on any atom is -0.196 e. The van der Waals surface area contributed by atoms with Crippen molar-refractivity contribution in [3.05, 3.63) is 76.8 Å². The summed E-state index contributed by atoms with van der Waals surface area (Å²) in [4.78, 5) is 0.953. The van der Waals surface area contributed by atoms with Crippen LogP contribution in [0.4, 0.5) is 0 Å². The average molecular weight is 320 g/mol. The minimum absolute atomic E-state index is 0.293. The second-order valence-electron chi connectivity index (χ2n) is 4.03. The zero-order chi connectivity index (χ0) is 14.4. The Balaban J connectivity index is 2.53. The second kappa shape index (κ2) is 6.85. The molecule has 20 heavy (non-hydrogen) atoms. The Morgan fingerprint density at radius 2 is 1.60 bits per heavy atom. The van der Waals surface area contributed by atoms with E-state index >= 15 is 0 Å². The maximum absolute atomic E-state index is 9.74. The van der Waals surface area contributed by atoms with Gasteiger partial charge >= 0.3 is 0 Å². The van der Waals surface area contributed by atoms with Gasteiger partial charge in [0.15, 0.2) is 4.75 Å². The molecule has 2 rings (SSSR count). The Hall–Kier alpha value is -1.40. The molecule has 0 bridgehead atoms. The van der Waals surface area contributed by atoms with Gasteiger partial charge in [0, 0.05) is 10.4 Å². The van der Waals surface area contributed by atoms with Gasteiger partial charge in [-0.1, -0.05) is 83.5 Å². The summed E-state index contributed by atoms with van der Waals surface area (Å²) >= 11 is 13.4. The predicted octanol–water partition coefficient (Wildman–Crippen LogP) is 5.52. The third-order valence-corrected chi connectivity index (χ3v) is 4.98. The van der Waals surface area contributed by atoms with Crippen molar-refractivity contribution in [2.24, 2.45) is 0 Å². The number of halogens is 2. The van der Waals surface area contributed by atoms with E-state index < -0.39 is 4.75 Å². The van der Waals surface area contributed by atoms with E-state index in [-0.39, 0.29) is 0 Å². The number of rotatable bonds is 4. The molecular formula is C16H11Cl2NS. The van der Waals surface area contributed by atoms with E-state index in [4.69, 9.17) is 23.2 Å². The van der Waals surface area contributed by atoms with E-state index in [1.807, 2.05) is 60.7 Å². The number of nitriles is 1. The van der Waals surface area contributed by atoms with E-state index in [1.165, 1.54) is 17.3 Å². The van der Waals surface area contributed by atoms with Crippen LogP contribution in [-0.4, -0.2) is 0 Å². The van der Waals surface area contributed by atoms with Crippen LogP contribution in [0, 0.1) is 11.3 Å². The van der Waals surface area contributed by atoms with Crippen molar-refractivity contribution in [3.63, 3.8) is 0 Å². The Morgan fingerprint density at radius 3 is 2.10 bits per heavy atom. The van der Waals surface area contributed by atoms with Gasteiger partial charge in [-0.15, -0.1) is 0 Å². The van der Waals surface area contributed by atoms with E-state index in [1.54, 1.807) is 0 Å². The number of hydrogen-bond acceptors (Lipinski definition) is 2. The lowest BCUT2D eigenvalue weighted by Gasteiger charge is -2.25. The van der Waals surface area contributed by atoms with E-state index in [0.717, 1.165) is 10.5 Å². The van der Waals surface area contributed by atoms with E-state index in [0.29, 0.717) is 5.03 Å². The van der Waals surface area contributed by atoms with Crippen molar-refractivity contribution < 1.29 is 0 Å². The van der Waals surface area contributed by atoms with Crippen LogP contribution in [0.2, 0.25) is 0 Å². The normalized spacial score (nSPS) is 14.3. The van der Waals surface area contributed by atoms with Crippen LogP contribution in [0.25, 0.3) is 0 Å². The first-order valence-electron chi connectivity index (χ1n) is 5.90. The van der Waals surface area contributed by atoms with Crippen molar-refractivity contribution in [2.45, 2.75) is 9.64 Å². The third kappa shape index (κ3) is 3.02. The van der Waals surface area contributed by atoms with Gasteiger partial charge in [0.05, 0.1) is 11.1 Å². The molecule has 0 aliphatic carbocycles. The first-order valence-corrected chi connectivity index (χ1v) is 7.53. The van der Waals surface area contributed by atoms with Gasteiger partial charge in [0.1, 0.15) is 0 Å². The highest BCUT2D eigenvalue weighted by Gasteiger charge is 2.37. The monoisotopic (exact) mass is 319 g/mol. The van der Waals surface area contributed by atoms with Crippen molar-refractivity contribution in [3.8, 4) is 6.07 Å². The van der Waals surface area contributed by atoms with Crippen LogP contribution in [0.1, 0.15) is 5.56 Å². The summed E-state index contributed by atoms with van der Waals surface area (Å²) in [6.45, 7) is 0. The van der Waals surface area contributed by atoms with Crippen molar-refractivity contribution >= 4 is 35.0 Å². The molecule has 1 atom stereocenters. The Labute approximate surface area is 132 Å². The summed E-state index contributed by atoms with van der Waals surface area (Å²) in [5.74, 6) is 0. The molecule has 2 aromatic carbocycles. The number of benzene rings is 2. The Bertz CT molecular complexity index is 635. The van der Waals surface area contributed by atoms with Crippen LogP contribution >= 0.6 is 35.0 Å². The molecule has 0 spiro atoms. The van der Waals surface area contributed by atoms with Crippen LogP contribution < -0.4 is 0 Å². The maximum Gasteiger partial charge on any atom is 0.168 e. The molecule has 0 N–H and O–H groups in total. The highest BCUT2D eigenvalue weighted by atomic mass is 35.5. The van der Waals surface area contributed by atoms with Gasteiger partial charge < -0.3 is 0 Å². The molecule has 2 aromatic rings. The number of nitrogens with zero attached hydrogens (tertiary/aromatic N) is 1. The summed E-state index contributed by atoms with van der Waals surface area (Å²) in [5.41, 5.74) is 2.06. The summed E-state index contributed by atoms with van der Waals surface area (Å²) < 4.78 is -1.04. The van der Waals surface area contributed by atoms with Crippen molar-refractivity contribution in [2.75, 3.05) is 0 Å².